The minimum Gasteiger partial charge on any atom is -0.207 e. The van der Waals surface area contributed by atoms with Gasteiger partial charge in [0.2, 0.25) is 10.0 Å². The molecule has 3 nitrogen and oxygen atoms in total. The molecule has 1 heterocycles. The lowest BCUT2D eigenvalue weighted by molar-refractivity contribution is 0.573. The van der Waals surface area contributed by atoms with Crippen LogP contribution >= 0.6 is 27.3 Å². The van der Waals surface area contributed by atoms with E-state index in [2.05, 4.69) is 20.7 Å². The highest BCUT2D eigenvalue weighted by molar-refractivity contribution is 9.10. The van der Waals surface area contributed by atoms with Gasteiger partial charge in [0.05, 0.1) is 10.9 Å². The molecule has 0 aliphatic heterocycles. The Balaban J connectivity index is 2.01. The van der Waals surface area contributed by atoms with Crippen molar-refractivity contribution in [1.29, 1.82) is 0 Å². The van der Waals surface area contributed by atoms with Crippen molar-refractivity contribution in [2.24, 2.45) is 0 Å². The van der Waals surface area contributed by atoms with Crippen molar-refractivity contribution in [2.45, 2.75) is 10.9 Å². The van der Waals surface area contributed by atoms with Crippen molar-refractivity contribution in [3.05, 3.63) is 87.0 Å². The maximum atomic E-state index is 12.8. The van der Waals surface area contributed by atoms with E-state index in [1.165, 1.54) is 11.3 Å². The van der Waals surface area contributed by atoms with Gasteiger partial charge in [0.1, 0.15) is 0 Å². The van der Waals surface area contributed by atoms with Gasteiger partial charge in [-0.1, -0.05) is 48.5 Å². The second kappa shape index (κ2) is 6.97. The van der Waals surface area contributed by atoms with Crippen LogP contribution in [-0.2, 0) is 10.0 Å². The van der Waals surface area contributed by atoms with Gasteiger partial charge >= 0.3 is 0 Å². The van der Waals surface area contributed by atoms with Crippen LogP contribution in [0.3, 0.4) is 0 Å². The lowest BCUT2D eigenvalue weighted by Gasteiger charge is -2.18. The average Bonchev–Trinajstić information content (AvgIpc) is 3.08. The van der Waals surface area contributed by atoms with Crippen LogP contribution in [0.2, 0.25) is 0 Å². The quantitative estimate of drug-likeness (QED) is 0.672. The summed E-state index contributed by atoms with van der Waals surface area (Å²) in [7, 11) is -3.65. The SMILES string of the molecule is O=S(=O)(N[C@H](c1ccccc1)c1cccs1)c1ccccc1Br. The highest BCUT2D eigenvalue weighted by Gasteiger charge is 2.24. The van der Waals surface area contributed by atoms with E-state index in [4.69, 9.17) is 0 Å². The molecular weight excluding hydrogens is 394 g/mol. The molecule has 0 saturated carbocycles. The Morgan fingerprint density at radius 1 is 0.913 bits per heavy atom. The number of hydrogen-bond acceptors (Lipinski definition) is 3. The predicted octanol–water partition coefficient (Wildman–Crippen LogP) is 4.58. The second-order valence-electron chi connectivity index (χ2n) is 4.91. The van der Waals surface area contributed by atoms with E-state index in [0.29, 0.717) is 4.47 Å². The first-order chi connectivity index (χ1) is 11.1. The van der Waals surface area contributed by atoms with Gasteiger partial charge in [0.25, 0.3) is 0 Å². The molecule has 0 radical (unpaired) electrons. The van der Waals surface area contributed by atoms with Gasteiger partial charge in [-0.2, -0.15) is 4.72 Å². The molecule has 0 spiro atoms. The van der Waals surface area contributed by atoms with Crippen LogP contribution in [0.4, 0.5) is 0 Å². The molecule has 1 aromatic heterocycles. The largest absolute Gasteiger partial charge is 0.242 e. The minimum atomic E-state index is -3.65. The fourth-order valence-corrected chi connectivity index (χ4v) is 5.36. The standard InChI is InChI=1S/C17H14BrNO2S2/c18-14-9-4-5-11-16(14)23(20,21)19-17(15-10-6-12-22-15)13-7-2-1-3-8-13/h1-12,17,19H/t17-/m1/s1. The molecule has 3 rings (SSSR count). The van der Waals surface area contributed by atoms with Gasteiger partial charge in [0.15, 0.2) is 0 Å². The van der Waals surface area contributed by atoms with E-state index in [1.807, 2.05) is 47.8 Å². The number of benzene rings is 2. The molecule has 118 valence electrons. The Labute approximate surface area is 148 Å². The van der Waals surface area contributed by atoms with Crippen LogP contribution in [0.1, 0.15) is 16.5 Å². The van der Waals surface area contributed by atoms with Crippen LogP contribution in [0, 0.1) is 0 Å². The van der Waals surface area contributed by atoms with Crippen molar-refractivity contribution < 1.29 is 8.42 Å². The topological polar surface area (TPSA) is 46.2 Å². The molecule has 0 aliphatic carbocycles. The Kier molecular flexibility index (Phi) is 4.96. The Hall–Kier alpha value is -1.47. The number of sulfonamides is 1. The molecule has 23 heavy (non-hydrogen) atoms. The summed E-state index contributed by atoms with van der Waals surface area (Å²) in [5, 5.41) is 1.94. The van der Waals surface area contributed by atoms with Crippen LogP contribution in [0.5, 0.6) is 0 Å². The molecule has 0 fully saturated rings. The predicted molar refractivity (Wildman–Crippen MR) is 97.1 cm³/mol. The van der Waals surface area contributed by atoms with Crippen LogP contribution < -0.4 is 4.72 Å². The van der Waals surface area contributed by atoms with Gasteiger partial charge in [-0.25, -0.2) is 8.42 Å². The molecular formula is C17H14BrNO2S2. The molecule has 0 aliphatic rings. The molecule has 6 heteroatoms. The smallest absolute Gasteiger partial charge is 0.207 e. The fraction of sp³-hybridized carbons (Fsp3) is 0.0588. The third-order valence-corrected chi connectivity index (χ3v) is 6.73. The highest BCUT2D eigenvalue weighted by atomic mass is 79.9. The third-order valence-electron chi connectivity index (χ3n) is 3.36. The number of hydrogen-bond donors (Lipinski definition) is 1. The number of rotatable bonds is 5. The van der Waals surface area contributed by atoms with E-state index in [0.717, 1.165) is 10.4 Å². The first-order valence-corrected chi connectivity index (χ1v) is 10.1. The van der Waals surface area contributed by atoms with Crippen molar-refractivity contribution in [1.82, 2.24) is 4.72 Å². The Morgan fingerprint density at radius 2 is 1.61 bits per heavy atom. The molecule has 0 amide bonds. The summed E-state index contributed by atoms with van der Waals surface area (Å²) >= 11 is 4.84. The van der Waals surface area contributed by atoms with Gasteiger partial charge in [0, 0.05) is 9.35 Å². The summed E-state index contributed by atoms with van der Waals surface area (Å²) in [6, 6.07) is 19.8. The number of halogens is 1. The summed E-state index contributed by atoms with van der Waals surface area (Å²) in [5.74, 6) is 0. The average molecular weight is 408 g/mol. The van der Waals surface area contributed by atoms with Gasteiger partial charge in [-0.05, 0) is 45.1 Å². The van der Waals surface area contributed by atoms with Crippen molar-refractivity contribution >= 4 is 37.3 Å². The first-order valence-electron chi connectivity index (χ1n) is 6.93. The molecule has 0 bridgehead atoms. The van der Waals surface area contributed by atoms with E-state index in [-0.39, 0.29) is 4.90 Å². The summed E-state index contributed by atoms with van der Waals surface area (Å²) in [6.07, 6.45) is 0. The molecule has 0 saturated heterocycles. The zero-order chi connectivity index (χ0) is 16.3. The molecule has 1 atom stereocenters. The normalized spacial score (nSPS) is 12.9. The molecule has 1 N–H and O–H groups in total. The minimum absolute atomic E-state index is 0.234. The first kappa shape index (κ1) is 16.4. The molecule has 2 aromatic carbocycles. The summed E-state index contributed by atoms with van der Waals surface area (Å²) in [4.78, 5) is 1.18. The lowest BCUT2D eigenvalue weighted by atomic mass is 10.1. The Bertz CT molecular complexity index is 878. The van der Waals surface area contributed by atoms with Gasteiger partial charge < -0.3 is 0 Å². The van der Waals surface area contributed by atoms with E-state index < -0.39 is 16.1 Å². The van der Waals surface area contributed by atoms with E-state index in [1.54, 1.807) is 24.3 Å². The van der Waals surface area contributed by atoms with Crippen molar-refractivity contribution in [3.8, 4) is 0 Å². The van der Waals surface area contributed by atoms with Gasteiger partial charge in [-0.15, -0.1) is 11.3 Å². The van der Waals surface area contributed by atoms with Crippen molar-refractivity contribution in [3.63, 3.8) is 0 Å². The number of thiophene rings is 1. The van der Waals surface area contributed by atoms with E-state index in [9.17, 15) is 8.42 Å². The second-order valence-corrected chi connectivity index (χ2v) is 8.43. The third kappa shape index (κ3) is 3.72. The fourth-order valence-electron chi connectivity index (χ4n) is 2.27. The maximum absolute atomic E-state index is 12.8. The Morgan fingerprint density at radius 3 is 2.26 bits per heavy atom. The van der Waals surface area contributed by atoms with E-state index >= 15 is 0 Å². The molecule has 0 unspecified atom stereocenters. The highest BCUT2D eigenvalue weighted by Crippen LogP contribution is 2.29. The summed E-state index contributed by atoms with van der Waals surface area (Å²) in [5.41, 5.74) is 0.908. The number of nitrogens with one attached hydrogen (secondary N) is 1. The zero-order valence-corrected chi connectivity index (χ0v) is 15.2. The molecule has 3 aromatic rings. The van der Waals surface area contributed by atoms with Crippen LogP contribution in [0.25, 0.3) is 0 Å². The summed E-state index contributed by atoms with van der Waals surface area (Å²) < 4.78 is 29.0. The maximum Gasteiger partial charge on any atom is 0.242 e. The van der Waals surface area contributed by atoms with Crippen LogP contribution in [0.15, 0.2) is 81.5 Å². The van der Waals surface area contributed by atoms with Crippen LogP contribution in [-0.4, -0.2) is 8.42 Å². The van der Waals surface area contributed by atoms with Crippen molar-refractivity contribution in [2.75, 3.05) is 0 Å². The van der Waals surface area contributed by atoms with Gasteiger partial charge in [-0.3, -0.25) is 0 Å². The lowest BCUT2D eigenvalue weighted by Crippen LogP contribution is -2.29. The zero-order valence-electron chi connectivity index (χ0n) is 12.0. The monoisotopic (exact) mass is 407 g/mol. The summed E-state index contributed by atoms with van der Waals surface area (Å²) in [6.45, 7) is 0.